The monoisotopic (exact) mass is 218 g/mol. The van der Waals surface area contributed by atoms with Crippen molar-refractivity contribution in [2.24, 2.45) is 0 Å². The van der Waals surface area contributed by atoms with E-state index in [0.717, 1.165) is 17.1 Å². The highest BCUT2D eigenvalue weighted by Crippen LogP contribution is 2.25. The number of hydrogen-bond acceptors (Lipinski definition) is 3. The zero-order valence-electron chi connectivity index (χ0n) is 8.73. The Bertz CT molecular complexity index is 428. The zero-order chi connectivity index (χ0) is 10.7. The van der Waals surface area contributed by atoms with Crippen molar-refractivity contribution in [1.29, 1.82) is 0 Å². The molecule has 3 heteroatoms. The van der Waals surface area contributed by atoms with Gasteiger partial charge in [-0.2, -0.15) is 0 Å². The number of aromatic nitrogens is 1. The molecule has 0 saturated carbocycles. The molecular weight excluding hydrogens is 204 g/mol. The van der Waals surface area contributed by atoms with Gasteiger partial charge in [-0.3, -0.25) is 0 Å². The van der Waals surface area contributed by atoms with Crippen molar-refractivity contribution in [3.63, 3.8) is 0 Å². The number of benzene rings is 1. The summed E-state index contributed by atoms with van der Waals surface area (Å²) < 4.78 is 1.23. The first-order chi connectivity index (χ1) is 7.29. The van der Waals surface area contributed by atoms with Crippen LogP contribution in [0.15, 0.2) is 36.9 Å². The maximum atomic E-state index is 4.51. The molecule has 0 spiro atoms. The second-order valence-electron chi connectivity index (χ2n) is 3.56. The smallest absolute Gasteiger partial charge is 0.184 e. The Hall–Kier alpha value is -1.35. The van der Waals surface area contributed by atoms with E-state index in [1.165, 1.54) is 4.70 Å². The average molecular weight is 218 g/mol. The number of thiazole rings is 1. The molecule has 78 valence electrons. The second kappa shape index (κ2) is 4.45. The third-order valence-electron chi connectivity index (χ3n) is 2.18. The van der Waals surface area contributed by atoms with Crippen molar-refractivity contribution < 1.29 is 0 Å². The number of nitrogens with zero attached hydrogens (tertiary/aromatic N) is 1. The molecule has 15 heavy (non-hydrogen) atoms. The van der Waals surface area contributed by atoms with Crippen LogP contribution in [-0.2, 0) is 0 Å². The van der Waals surface area contributed by atoms with E-state index < -0.39 is 0 Å². The van der Waals surface area contributed by atoms with Crippen LogP contribution in [0, 0.1) is 0 Å². The fraction of sp³-hybridized carbons (Fsp3) is 0.250. The molecule has 0 fully saturated rings. The molecule has 0 radical (unpaired) electrons. The van der Waals surface area contributed by atoms with Crippen LogP contribution in [0.25, 0.3) is 10.2 Å². The fourth-order valence-electron chi connectivity index (χ4n) is 1.45. The van der Waals surface area contributed by atoms with E-state index >= 15 is 0 Å². The summed E-state index contributed by atoms with van der Waals surface area (Å²) in [6.45, 7) is 5.86. The van der Waals surface area contributed by atoms with Gasteiger partial charge in [0.1, 0.15) is 0 Å². The predicted molar refractivity (Wildman–Crippen MR) is 67.5 cm³/mol. The van der Waals surface area contributed by atoms with Crippen LogP contribution in [-0.4, -0.2) is 11.0 Å². The highest BCUT2D eigenvalue weighted by molar-refractivity contribution is 7.22. The first kappa shape index (κ1) is 10.2. The Morgan fingerprint density at radius 2 is 2.33 bits per heavy atom. The van der Waals surface area contributed by atoms with Crippen molar-refractivity contribution in [2.75, 3.05) is 5.32 Å². The van der Waals surface area contributed by atoms with Crippen molar-refractivity contribution in [2.45, 2.75) is 19.4 Å². The highest BCUT2D eigenvalue weighted by atomic mass is 32.1. The lowest BCUT2D eigenvalue weighted by Crippen LogP contribution is -2.13. The molecule has 0 aliphatic rings. The summed E-state index contributed by atoms with van der Waals surface area (Å²) in [6.07, 6.45) is 2.88. The summed E-state index contributed by atoms with van der Waals surface area (Å²) >= 11 is 1.69. The first-order valence-electron chi connectivity index (χ1n) is 5.02. The molecule has 0 aliphatic heterocycles. The SMILES string of the molecule is C=CCC(C)Nc1nc2ccccc2s1. The van der Waals surface area contributed by atoms with Crippen LogP contribution < -0.4 is 5.32 Å². The van der Waals surface area contributed by atoms with Gasteiger partial charge in [-0.15, -0.1) is 6.58 Å². The number of anilines is 1. The first-order valence-corrected chi connectivity index (χ1v) is 5.84. The fourth-order valence-corrected chi connectivity index (χ4v) is 2.43. The average Bonchev–Trinajstić information content (AvgIpc) is 2.59. The topological polar surface area (TPSA) is 24.9 Å². The molecule has 2 nitrogen and oxygen atoms in total. The molecule has 2 aromatic rings. The lowest BCUT2D eigenvalue weighted by molar-refractivity contribution is 0.813. The van der Waals surface area contributed by atoms with Gasteiger partial charge in [0, 0.05) is 6.04 Å². The molecule has 1 atom stereocenters. The van der Waals surface area contributed by atoms with Gasteiger partial charge in [-0.05, 0) is 25.5 Å². The van der Waals surface area contributed by atoms with Gasteiger partial charge in [0.25, 0.3) is 0 Å². The van der Waals surface area contributed by atoms with Crippen LogP contribution in [0.3, 0.4) is 0 Å². The maximum Gasteiger partial charge on any atom is 0.184 e. The third kappa shape index (κ3) is 2.36. The van der Waals surface area contributed by atoms with E-state index in [1.807, 2.05) is 24.3 Å². The van der Waals surface area contributed by atoms with Crippen LogP contribution in [0.2, 0.25) is 0 Å². The van der Waals surface area contributed by atoms with E-state index in [4.69, 9.17) is 0 Å². The summed E-state index contributed by atoms with van der Waals surface area (Å²) in [4.78, 5) is 4.51. The maximum absolute atomic E-state index is 4.51. The Morgan fingerprint density at radius 3 is 3.07 bits per heavy atom. The highest BCUT2D eigenvalue weighted by Gasteiger charge is 2.05. The Kier molecular flexibility index (Phi) is 3.02. The number of para-hydroxylation sites is 1. The number of rotatable bonds is 4. The van der Waals surface area contributed by atoms with Crippen molar-refractivity contribution in [3.8, 4) is 0 Å². The summed E-state index contributed by atoms with van der Waals surface area (Å²) in [6, 6.07) is 8.57. The minimum Gasteiger partial charge on any atom is -0.359 e. The molecule has 0 amide bonds. The molecule has 1 unspecified atom stereocenters. The van der Waals surface area contributed by atoms with Crippen LogP contribution in [0.5, 0.6) is 0 Å². The quantitative estimate of drug-likeness (QED) is 0.792. The molecule has 0 aliphatic carbocycles. The van der Waals surface area contributed by atoms with Crippen LogP contribution in [0.1, 0.15) is 13.3 Å². The molecule has 0 bridgehead atoms. The third-order valence-corrected chi connectivity index (χ3v) is 3.15. The largest absolute Gasteiger partial charge is 0.359 e. The lowest BCUT2D eigenvalue weighted by atomic mass is 10.2. The van der Waals surface area contributed by atoms with Crippen molar-refractivity contribution in [1.82, 2.24) is 4.98 Å². The second-order valence-corrected chi connectivity index (χ2v) is 4.59. The zero-order valence-corrected chi connectivity index (χ0v) is 9.55. The van der Waals surface area contributed by atoms with Crippen molar-refractivity contribution in [3.05, 3.63) is 36.9 Å². The van der Waals surface area contributed by atoms with E-state index in [0.29, 0.717) is 6.04 Å². The molecular formula is C12H14N2S. The molecule has 1 aromatic heterocycles. The summed E-state index contributed by atoms with van der Waals surface area (Å²) in [5.41, 5.74) is 1.07. The van der Waals surface area contributed by atoms with E-state index in [9.17, 15) is 0 Å². The predicted octanol–water partition coefficient (Wildman–Crippen LogP) is 3.67. The van der Waals surface area contributed by atoms with Gasteiger partial charge in [0.15, 0.2) is 5.13 Å². The Morgan fingerprint density at radius 1 is 1.53 bits per heavy atom. The van der Waals surface area contributed by atoms with Gasteiger partial charge in [0.05, 0.1) is 10.2 Å². The molecule has 0 saturated heterocycles. The molecule has 1 heterocycles. The van der Waals surface area contributed by atoms with Crippen molar-refractivity contribution >= 4 is 26.7 Å². The van der Waals surface area contributed by atoms with Gasteiger partial charge in [0.2, 0.25) is 0 Å². The minimum atomic E-state index is 0.392. The van der Waals surface area contributed by atoms with Gasteiger partial charge < -0.3 is 5.32 Å². The van der Waals surface area contributed by atoms with E-state index in [2.05, 4.69) is 29.9 Å². The van der Waals surface area contributed by atoms with Crippen LogP contribution >= 0.6 is 11.3 Å². The number of hydrogen-bond donors (Lipinski definition) is 1. The molecule has 2 rings (SSSR count). The minimum absolute atomic E-state index is 0.392. The number of fused-ring (bicyclic) bond motifs is 1. The Labute approximate surface area is 93.7 Å². The van der Waals surface area contributed by atoms with Gasteiger partial charge in [-0.25, -0.2) is 4.98 Å². The Balaban J connectivity index is 2.18. The van der Waals surface area contributed by atoms with Crippen LogP contribution in [0.4, 0.5) is 5.13 Å². The summed E-state index contributed by atoms with van der Waals surface area (Å²) in [5, 5.41) is 4.36. The van der Waals surface area contributed by atoms with Gasteiger partial charge in [-0.1, -0.05) is 29.5 Å². The van der Waals surface area contributed by atoms with E-state index in [-0.39, 0.29) is 0 Å². The molecule has 1 N–H and O–H groups in total. The van der Waals surface area contributed by atoms with Gasteiger partial charge >= 0.3 is 0 Å². The normalized spacial score (nSPS) is 12.6. The molecule has 1 aromatic carbocycles. The summed E-state index contributed by atoms with van der Waals surface area (Å²) in [5.74, 6) is 0. The standard InChI is InChI=1S/C12H14N2S/c1-3-6-9(2)13-12-14-10-7-4-5-8-11(10)15-12/h3-5,7-9H,1,6H2,2H3,(H,13,14). The van der Waals surface area contributed by atoms with E-state index in [1.54, 1.807) is 11.3 Å². The summed E-state index contributed by atoms with van der Waals surface area (Å²) in [7, 11) is 0. The number of nitrogens with one attached hydrogen (secondary N) is 1. The lowest BCUT2D eigenvalue weighted by Gasteiger charge is -2.08.